The highest BCUT2D eigenvalue weighted by molar-refractivity contribution is 5.96. The van der Waals surface area contributed by atoms with Crippen LogP contribution >= 0.6 is 0 Å². The molecule has 0 bridgehead atoms. The summed E-state index contributed by atoms with van der Waals surface area (Å²) in [4.78, 5) is 30.8. The maximum Gasteiger partial charge on any atom is 0.241 e. The fourth-order valence-electron chi connectivity index (χ4n) is 4.85. The van der Waals surface area contributed by atoms with Crippen molar-refractivity contribution in [1.29, 1.82) is 0 Å². The van der Waals surface area contributed by atoms with E-state index >= 15 is 0 Å². The summed E-state index contributed by atoms with van der Waals surface area (Å²) in [6.45, 7) is 4.98. The quantitative estimate of drug-likeness (QED) is 0.654. The first-order valence-corrected chi connectivity index (χ1v) is 11.0. The summed E-state index contributed by atoms with van der Waals surface area (Å²) in [6.07, 6.45) is 8.62. The monoisotopic (exact) mass is 413 g/mol. The van der Waals surface area contributed by atoms with Crippen molar-refractivity contribution in [3.05, 3.63) is 72.1 Å². The minimum Gasteiger partial charge on any atom is -0.311 e. The van der Waals surface area contributed by atoms with Gasteiger partial charge < -0.3 is 4.90 Å². The van der Waals surface area contributed by atoms with E-state index in [0.717, 1.165) is 67.2 Å². The van der Waals surface area contributed by atoms with Crippen LogP contribution < -0.4 is 4.90 Å². The molecule has 4 heterocycles. The van der Waals surface area contributed by atoms with E-state index in [1.54, 1.807) is 12.4 Å². The van der Waals surface area contributed by atoms with Gasteiger partial charge in [0.15, 0.2) is 0 Å². The number of hydrogen-bond donors (Lipinski definition) is 0. The van der Waals surface area contributed by atoms with Crippen LogP contribution in [0.5, 0.6) is 0 Å². The van der Waals surface area contributed by atoms with Crippen LogP contribution in [0.25, 0.3) is 11.1 Å². The van der Waals surface area contributed by atoms with Crippen molar-refractivity contribution in [2.75, 3.05) is 31.1 Å². The van der Waals surface area contributed by atoms with Crippen LogP contribution in [-0.2, 0) is 11.2 Å². The lowest BCUT2D eigenvalue weighted by Gasteiger charge is -2.33. The molecule has 3 aromatic rings. The molecule has 0 aliphatic carbocycles. The van der Waals surface area contributed by atoms with Crippen LogP contribution in [-0.4, -0.2) is 51.9 Å². The van der Waals surface area contributed by atoms with Crippen molar-refractivity contribution < 1.29 is 4.79 Å². The molecule has 0 spiro atoms. The van der Waals surface area contributed by atoms with Crippen LogP contribution in [0.3, 0.4) is 0 Å². The van der Waals surface area contributed by atoms with E-state index in [0.29, 0.717) is 6.54 Å². The van der Waals surface area contributed by atoms with Gasteiger partial charge in [-0.1, -0.05) is 18.2 Å². The van der Waals surface area contributed by atoms with Crippen LogP contribution in [0, 0.1) is 6.92 Å². The second kappa shape index (κ2) is 8.55. The molecule has 1 fully saturated rings. The Kier molecular flexibility index (Phi) is 5.47. The Morgan fingerprint density at radius 2 is 1.97 bits per heavy atom. The summed E-state index contributed by atoms with van der Waals surface area (Å²) < 4.78 is 0. The highest BCUT2D eigenvalue weighted by Crippen LogP contribution is 2.33. The van der Waals surface area contributed by atoms with Gasteiger partial charge in [-0.15, -0.1) is 0 Å². The van der Waals surface area contributed by atoms with Gasteiger partial charge in [0.2, 0.25) is 5.91 Å². The SMILES string of the molecule is Cc1ncc(-c2ccncc2)c([C@H]2CCCN(CC(=O)N3CCc4ccccc43)C2)n1. The van der Waals surface area contributed by atoms with Gasteiger partial charge in [0.05, 0.1) is 12.2 Å². The molecule has 6 heteroatoms. The maximum absolute atomic E-state index is 13.1. The fourth-order valence-corrected chi connectivity index (χ4v) is 4.85. The van der Waals surface area contributed by atoms with Crippen LogP contribution in [0.15, 0.2) is 55.0 Å². The summed E-state index contributed by atoms with van der Waals surface area (Å²) >= 11 is 0. The third-order valence-corrected chi connectivity index (χ3v) is 6.37. The third kappa shape index (κ3) is 4.08. The lowest BCUT2D eigenvalue weighted by Crippen LogP contribution is -2.43. The fraction of sp³-hybridized carbons (Fsp3) is 0.360. The first-order chi connectivity index (χ1) is 15.2. The topological polar surface area (TPSA) is 62.2 Å². The largest absolute Gasteiger partial charge is 0.311 e. The molecule has 1 aromatic carbocycles. The molecular formula is C25H27N5O. The van der Waals surface area contributed by atoms with Crippen molar-refractivity contribution in [1.82, 2.24) is 19.9 Å². The number of aromatic nitrogens is 3. The van der Waals surface area contributed by atoms with Gasteiger partial charge in [-0.05, 0) is 62.1 Å². The third-order valence-electron chi connectivity index (χ3n) is 6.37. The molecule has 5 rings (SSSR count). The van der Waals surface area contributed by atoms with E-state index in [1.807, 2.05) is 42.3 Å². The standard InChI is InChI=1S/C25H27N5O/c1-18-27-15-22(19-8-11-26-12-9-19)25(28-18)21-6-4-13-29(16-21)17-24(31)30-14-10-20-5-2-3-7-23(20)30/h2-3,5,7-9,11-12,15,21H,4,6,10,13-14,16-17H2,1H3/t21-/m0/s1. The summed E-state index contributed by atoms with van der Waals surface area (Å²) in [5, 5.41) is 0. The minimum atomic E-state index is 0.193. The van der Waals surface area contributed by atoms with Crippen LogP contribution in [0.2, 0.25) is 0 Å². The predicted molar refractivity (Wildman–Crippen MR) is 121 cm³/mol. The molecule has 6 nitrogen and oxygen atoms in total. The summed E-state index contributed by atoms with van der Waals surface area (Å²) in [5.74, 6) is 1.27. The zero-order valence-electron chi connectivity index (χ0n) is 17.9. The molecule has 2 aliphatic heterocycles. The van der Waals surface area contributed by atoms with E-state index < -0.39 is 0 Å². The van der Waals surface area contributed by atoms with Gasteiger partial charge in [-0.2, -0.15) is 0 Å². The Morgan fingerprint density at radius 1 is 1.13 bits per heavy atom. The van der Waals surface area contributed by atoms with Crippen molar-refractivity contribution in [3.8, 4) is 11.1 Å². The van der Waals surface area contributed by atoms with E-state index in [2.05, 4.69) is 27.0 Å². The first-order valence-electron chi connectivity index (χ1n) is 11.0. The average molecular weight is 414 g/mol. The Balaban J connectivity index is 1.34. The Hall–Kier alpha value is -3.12. The van der Waals surface area contributed by atoms with Gasteiger partial charge in [0.1, 0.15) is 5.82 Å². The van der Waals surface area contributed by atoms with Gasteiger partial charge in [-0.25, -0.2) is 9.97 Å². The number of carbonyl (C=O) groups excluding carboxylic acids is 1. The molecule has 0 saturated carbocycles. The van der Waals surface area contributed by atoms with Crippen molar-refractivity contribution in [2.24, 2.45) is 0 Å². The highest BCUT2D eigenvalue weighted by Gasteiger charge is 2.29. The van der Waals surface area contributed by atoms with Crippen LogP contribution in [0.1, 0.15) is 35.8 Å². The molecular weight excluding hydrogens is 386 g/mol. The zero-order chi connectivity index (χ0) is 21.2. The number of carbonyl (C=O) groups is 1. The number of pyridine rings is 1. The number of fused-ring (bicyclic) bond motifs is 1. The Morgan fingerprint density at radius 3 is 2.84 bits per heavy atom. The lowest BCUT2D eigenvalue weighted by atomic mass is 9.90. The number of benzene rings is 1. The maximum atomic E-state index is 13.1. The van der Waals surface area contributed by atoms with Crippen molar-refractivity contribution >= 4 is 11.6 Å². The predicted octanol–water partition coefficient (Wildman–Crippen LogP) is 3.62. The van der Waals surface area contributed by atoms with Crippen molar-refractivity contribution in [3.63, 3.8) is 0 Å². The number of hydrogen-bond acceptors (Lipinski definition) is 5. The smallest absolute Gasteiger partial charge is 0.241 e. The molecule has 2 aromatic heterocycles. The molecule has 1 saturated heterocycles. The number of nitrogens with zero attached hydrogens (tertiary/aromatic N) is 5. The molecule has 2 aliphatic rings. The number of anilines is 1. The second-order valence-corrected chi connectivity index (χ2v) is 8.45. The highest BCUT2D eigenvalue weighted by atomic mass is 16.2. The number of rotatable bonds is 4. The number of para-hydroxylation sites is 1. The summed E-state index contributed by atoms with van der Waals surface area (Å²) in [5.41, 5.74) is 5.59. The van der Waals surface area contributed by atoms with E-state index in [1.165, 1.54) is 5.56 Å². The van der Waals surface area contributed by atoms with Gasteiger partial charge in [0, 0.05) is 48.8 Å². The molecule has 31 heavy (non-hydrogen) atoms. The Bertz CT molecular complexity index is 1080. The van der Waals surface area contributed by atoms with E-state index in [4.69, 9.17) is 4.98 Å². The van der Waals surface area contributed by atoms with Crippen LogP contribution in [0.4, 0.5) is 5.69 Å². The minimum absolute atomic E-state index is 0.193. The number of likely N-dealkylation sites (tertiary alicyclic amines) is 1. The molecule has 0 radical (unpaired) electrons. The van der Waals surface area contributed by atoms with Crippen molar-refractivity contribution in [2.45, 2.75) is 32.1 Å². The van der Waals surface area contributed by atoms with Gasteiger partial charge >= 0.3 is 0 Å². The first kappa shape index (κ1) is 19.8. The number of aryl methyl sites for hydroxylation is 1. The van der Waals surface area contributed by atoms with Gasteiger partial charge in [0.25, 0.3) is 0 Å². The number of amides is 1. The second-order valence-electron chi connectivity index (χ2n) is 8.45. The Labute approximate surface area is 183 Å². The lowest BCUT2D eigenvalue weighted by molar-refractivity contribution is -0.119. The molecule has 0 N–H and O–H groups in total. The summed E-state index contributed by atoms with van der Waals surface area (Å²) in [7, 11) is 0. The molecule has 158 valence electrons. The summed E-state index contributed by atoms with van der Waals surface area (Å²) in [6, 6.07) is 12.3. The van der Waals surface area contributed by atoms with E-state index in [-0.39, 0.29) is 11.8 Å². The molecule has 1 atom stereocenters. The number of piperidine rings is 1. The normalized spacial score (nSPS) is 18.7. The molecule has 1 amide bonds. The zero-order valence-corrected chi connectivity index (χ0v) is 17.9. The molecule has 0 unspecified atom stereocenters. The average Bonchev–Trinajstić information content (AvgIpc) is 3.24. The van der Waals surface area contributed by atoms with Gasteiger partial charge in [-0.3, -0.25) is 14.7 Å². The van der Waals surface area contributed by atoms with E-state index in [9.17, 15) is 4.79 Å².